The summed E-state index contributed by atoms with van der Waals surface area (Å²) in [4.78, 5) is 25.7. The fraction of sp³-hybridized carbons (Fsp3) is 0.481. The maximum Gasteiger partial charge on any atom is 0.317 e. The van der Waals surface area contributed by atoms with Gasteiger partial charge in [-0.3, -0.25) is 4.79 Å². The van der Waals surface area contributed by atoms with Crippen LogP contribution in [0.5, 0.6) is 0 Å². The monoisotopic (exact) mass is 451 g/mol. The smallest absolute Gasteiger partial charge is 0.317 e. The summed E-state index contributed by atoms with van der Waals surface area (Å²) in [6.45, 7) is 1.91. The Kier molecular flexibility index (Phi) is 9.31. The fourth-order valence-electron chi connectivity index (χ4n) is 4.72. The fourth-order valence-corrected chi connectivity index (χ4v) is 4.72. The van der Waals surface area contributed by atoms with Crippen LogP contribution in [0.4, 0.5) is 4.79 Å². The van der Waals surface area contributed by atoms with Crippen molar-refractivity contribution in [1.29, 1.82) is 0 Å². The lowest BCUT2D eigenvalue weighted by atomic mass is 9.72. The van der Waals surface area contributed by atoms with E-state index in [1.807, 2.05) is 65.6 Å². The second kappa shape index (κ2) is 12.4. The van der Waals surface area contributed by atoms with Gasteiger partial charge >= 0.3 is 6.03 Å². The lowest BCUT2D eigenvalue weighted by Crippen LogP contribution is -2.49. The van der Waals surface area contributed by atoms with Crippen LogP contribution in [0.3, 0.4) is 0 Å². The molecule has 178 valence electrons. The number of urea groups is 1. The first-order valence-corrected chi connectivity index (χ1v) is 12.1. The van der Waals surface area contributed by atoms with Crippen molar-refractivity contribution in [3.05, 3.63) is 71.8 Å². The van der Waals surface area contributed by atoms with Crippen molar-refractivity contribution in [2.75, 3.05) is 26.7 Å². The number of hydrogen-bond donors (Lipinski definition) is 3. The molecule has 0 saturated carbocycles. The molecule has 0 radical (unpaired) electrons. The first kappa shape index (κ1) is 24.8. The molecule has 3 N–H and O–H groups in total. The average Bonchev–Trinajstić information content (AvgIpc) is 2.88. The molecule has 0 aromatic heterocycles. The first-order chi connectivity index (χ1) is 16.1. The normalized spacial score (nSPS) is 14.7. The van der Waals surface area contributed by atoms with Crippen molar-refractivity contribution in [3.63, 3.8) is 0 Å². The van der Waals surface area contributed by atoms with Crippen LogP contribution >= 0.6 is 0 Å². The van der Waals surface area contributed by atoms with Gasteiger partial charge in [0.15, 0.2) is 0 Å². The zero-order valence-electron chi connectivity index (χ0n) is 19.6. The second-order valence-electron chi connectivity index (χ2n) is 8.83. The summed E-state index contributed by atoms with van der Waals surface area (Å²) in [6, 6.07) is 19.7. The highest BCUT2D eigenvalue weighted by Crippen LogP contribution is 2.41. The first-order valence-electron chi connectivity index (χ1n) is 12.1. The summed E-state index contributed by atoms with van der Waals surface area (Å²) in [5.74, 6) is 0.116. The largest absolute Gasteiger partial charge is 0.380 e. The summed E-state index contributed by atoms with van der Waals surface area (Å²) in [7, 11) is 1.66. The summed E-state index contributed by atoms with van der Waals surface area (Å²) >= 11 is 0. The minimum Gasteiger partial charge on any atom is -0.380 e. The third kappa shape index (κ3) is 6.57. The van der Waals surface area contributed by atoms with Gasteiger partial charge in [-0.25, -0.2) is 4.79 Å². The second-order valence-corrected chi connectivity index (χ2v) is 8.83. The zero-order chi connectivity index (χ0) is 23.5. The van der Waals surface area contributed by atoms with Crippen molar-refractivity contribution in [2.45, 2.75) is 50.5 Å². The predicted octanol–water partition coefficient (Wildman–Crippen LogP) is 4.04. The molecule has 0 aliphatic carbocycles. The number of carbonyl (C=O) groups excluding carboxylic acids is 2. The van der Waals surface area contributed by atoms with Crippen LogP contribution in [0.2, 0.25) is 0 Å². The number of aliphatic hydroxyl groups is 1. The van der Waals surface area contributed by atoms with Gasteiger partial charge in [0.2, 0.25) is 5.91 Å². The molecule has 6 nitrogen and oxygen atoms in total. The highest BCUT2D eigenvalue weighted by Gasteiger charge is 2.42. The van der Waals surface area contributed by atoms with Crippen molar-refractivity contribution >= 4 is 11.9 Å². The molecule has 0 unspecified atom stereocenters. The van der Waals surface area contributed by atoms with Crippen LogP contribution in [0.25, 0.3) is 0 Å². The van der Waals surface area contributed by atoms with E-state index < -0.39 is 5.60 Å². The molecule has 33 heavy (non-hydrogen) atoms. The number of nitrogens with zero attached hydrogens (tertiary/aromatic N) is 1. The van der Waals surface area contributed by atoms with Crippen LogP contribution in [0, 0.1) is 5.92 Å². The van der Waals surface area contributed by atoms with E-state index >= 15 is 0 Å². The number of nitrogens with one attached hydrogen (secondary N) is 2. The Morgan fingerprint density at radius 1 is 0.909 bits per heavy atom. The molecule has 6 heteroatoms. The number of rotatable bonds is 10. The number of carbonyl (C=O) groups is 2. The number of hydrogen-bond acceptors (Lipinski definition) is 3. The predicted molar refractivity (Wildman–Crippen MR) is 131 cm³/mol. The quantitative estimate of drug-likeness (QED) is 0.477. The Balaban J connectivity index is 1.49. The Labute approximate surface area is 197 Å². The maximum atomic E-state index is 12.6. The highest BCUT2D eigenvalue weighted by molar-refractivity contribution is 5.75. The van der Waals surface area contributed by atoms with Crippen molar-refractivity contribution in [2.24, 2.45) is 5.92 Å². The van der Waals surface area contributed by atoms with E-state index in [-0.39, 0.29) is 17.9 Å². The van der Waals surface area contributed by atoms with Crippen LogP contribution in [0.1, 0.15) is 56.1 Å². The van der Waals surface area contributed by atoms with Crippen LogP contribution in [-0.2, 0) is 10.4 Å². The van der Waals surface area contributed by atoms with E-state index in [4.69, 9.17) is 0 Å². The van der Waals surface area contributed by atoms with Gasteiger partial charge in [-0.2, -0.15) is 0 Å². The molecule has 0 atom stereocenters. The van der Waals surface area contributed by atoms with Gasteiger partial charge in [0.25, 0.3) is 0 Å². The molecule has 3 amide bonds. The number of likely N-dealkylation sites (tertiary alicyclic amines) is 1. The number of piperidine rings is 1. The van der Waals surface area contributed by atoms with E-state index in [2.05, 4.69) is 10.6 Å². The third-order valence-corrected chi connectivity index (χ3v) is 6.69. The van der Waals surface area contributed by atoms with Crippen molar-refractivity contribution < 1.29 is 14.7 Å². The summed E-state index contributed by atoms with van der Waals surface area (Å²) in [5, 5.41) is 17.6. The molecule has 1 heterocycles. The molecule has 0 bridgehead atoms. The van der Waals surface area contributed by atoms with Crippen LogP contribution in [-0.4, -0.2) is 48.6 Å². The van der Waals surface area contributed by atoms with E-state index in [1.165, 1.54) is 0 Å². The van der Waals surface area contributed by atoms with E-state index in [0.717, 1.165) is 49.7 Å². The molecule has 3 rings (SSSR count). The molecular weight excluding hydrogens is 414 g/mol. The Morgan fingerprint density at radius 3 is 2.00 bits per heavy atom. The standard InChI is InChI=1S/C27H37N3O3/c1-28-25(31)16-10-2-3-11-19-29-26(32)30-20-17-24(18-21-30)27(33,22-12-6-4-7-13-22)23-14-8-5-9-15-23/h4-9,12-15,24,33H,2-3,10-11,16-21H2,1H3,(H,28,31)(H,29,32). The third-order valence-electron chi connectivity index (χ3n) is 6.69. The van der Waals surface area contributed by atoms with Gasteiger partial charge in [0.1, 0.15) is 5.60 Å². The molecule has 0 spiro atoms. The van der Waals surface area contributed by atoms with Gasteiger partial charge in [0.05, 0.1) is 0 Å². The summed E-state index contributed by atoms with van der Waals surface area (Å²) in [5.41, 5.74) is 0.728. The van der Waals surface area contributed by atoms with E-state index in [1.54, 1.807) is 7.05 Å². The molecular formula is C27H37N3O3. The number of amides is 3. The molecule has 2 aromatic carbocycles. The maximum absolute atomic E-state index is 12.6. The minimum absolute atomic E-state index is 0.0261. The average molecular weight is 452 g/mol. The SMILES string of the molecule is CNC(=O)CCCCCCNC(=O)N1CCC(C(O)(c2ccccc2)c2ccccc2)CC1. The van der Waals surface area contributed by atoms with Crippen LogP contribution in [0.15, 0.2) is 60.7 Å². The Morgan fingerprint density at radius 2 is 1.45 bits per heavy atom. The van der Waals surface area contributed by atoms with Gasteiger partial charge < -0.3 is 20.6 Å². The van der Waals surface area contributed by atoms with E-state index in [0.29, 0.717) is 26.1 Å². The van der Waals surface area contributed by atoms with Gasteiger partial charge in [-0.1, -0.05) is 73.5 Å². The van der Waals surface area contributed by atoms with Gasteiger partial charge in [0, 0.05) is 33.1 Å². The Hall–Kier alpha value is -2.86. The molecule has 1 fully saturated rings. The zero-order valence-corrected chi connectivity index (χ0v) is 19.6. The topological polar surface area (TPSA) is 81.7 Å². The minimum atomic E-state index is -1.07. The van der Waals surface area contributed by atoms with Crippen LogP contribution < -0.4 is 10.6 Å². The lowest BCUT2D eigenvalue weighted by molar-refractivity contribution is -0.120. The van der Waals surface area contributed by atoms with Gasteiger partial charge in [-0.15, -0.1) is 0 Å². The summed E-state index contributed by atoms with van der Waals surface area (Å²) < 4.78 is 0. The molecule has 2 aromatic rings. The number of benzene rings is 2. The lowest BCUT2D eigenvalue weighted by Gasteiger charge is -2.42. The highest BCUT2D eigenvalue weighted by atomic mass is 16.3. The van der Waals surface area contributed by atoms with Crippen molar-refractivity contribution in [3.8, 4) is 0 Å². The summed E-state index contributed by atoms with van der Waals surface area (Å²) in [6.07, 6.45) is 5.84. The van der Waals surface area contributed by atoms with Crippen molar-refractivity contribution in [1.82, 2.24) is 15.5 Å². The van der Waals surface area contributed by atoms with Gasteiger partial charge in [-0.05, 0) is 42.7 Å². The molecule has 1 saturated heterocycles. The Bertz CT molecular complexity index is 825. The molecule has 1 aliphatic rings. The number of unbranched alkanes of at least 4 members (excludes halogenated alkanes) is 3. The molecule has 1 aliphatic heterocycles. The van der Waals surface area contributed by atoms with E-state index in [9.17, 15) is 14.7 Å².